The molecule has 2 N–H and O–H groups in total. The van der Waals surface area contributed by atoms with Crippen molar-refractivity contribution < 1.29 is 13.9 Å². The normalized spacial score (nSPS) is 10.2. The first-order valence-electron chi connectivity index (χ1n) is 6.40. The lowest BCUT2D eigenvalue weighted by Crippen LogP contribution is -2.27. The van der Waals surface area contributed by atoms with Crippen LogP contribution in [-0.4, -0.2) is 24.5 Å². The molecule has 0 fully saturated rings. The molecule has 5 nitrogen and oxygen atoms in total. The number of rotatable bonds is 6. The van der Waals surface area contributed by atoms with E-state index in [1.165, 1.54) is 0 Å². The number of carbonyl (C=O) groups excluding carboxylic acids is 1. The summed E-state index contributed by atoms with van der Waals surface area (Å²) < 4.78 is 10.7. The molecule has 0 saturated carbocycles. The van der Waals surface area contributed by atoms with Gasteiger partial charge in [0.15, 0.2) is 0 Å². The smallest absolute Gasteiger partial charge is 0.226 e. The summed E-state index contributed by atoms with van der Waals surface area (Å²) in [6, 6.07) is 10.8. The Kier molecular flexibility index (Phi) is 4.65. The summed E-state index contributed by atoms with van der Waals surface area (Å²) in [5, 5.41) is 0. The Hall–Kier alpha value is -2.43. The predicted molar refractivity (Wildman–Crippen MR) is 76.1 cm³/mol. The standard InChI is InChI=1S/C15H18N2O3/c1-17(11-14-6-3-8-19-14)15(18)7-9-20-13-5-2-4-12(16)10-13/h2-6,8,10H,7,9,11,16H2,1H3. The number of hydrogen-bond donors (Lipinski definition) is 1. The monoisotopic (exact) mass is 274 g/mol. The van der Waals surface area contributed by atoms with Crippen molar-refractivity contribution in [3.8, 4) is 5.75 Å². The van der Waals surface area contributed by atoms with Crippen LogP contribution in [0.5, 0.6) is 5.75 Å². The van der Waals surface area contributed by atoms with E-state index in [-0.39, 0.29) is 5.91 Å². The van der Waals surface area contributed by atoms with E-state index in [0.29, 0.717) is 31.0 Å². The molecule has 1 amide bonds. The maximum atomic E-state index is 11.9. The van der Waals surface area contributed by atoms with Crippen molar-refractivity contribution in [2.45, 2.75) is 13.0 Å². The predicted octanol–water partition coefficient (Wildman–Crippen LogP) is 2.29. The highest BCUT2D eigenvalue weighted by molar-refractivity contribution is 5.75. The quantitative estimate of drug-likeness (QED) is 0.821. The van der Waals surface area contributed by atoms with E-state index in [1.807, 2.05) is 18.2 Å². The Labute approximate surface area is 117 Å². The SMILES string of the molecule is CN(Cc1ccco1)C(=O)CCOc1cccc(N)c1. The maximum Gasteiger partial charge on any atom is 0.226 e. The molecule has 0 saturated heterocycles. The number of nitrogens with zero attached hydrogens (tertiary/aromatic N) is 1. The van der Waals surface area contributed by atoms with E-state index in [0.717, 1.165) is 5.76 Å². The summed E-state index contributed by atoms with van der Waals surface area (Å²) in [6.45, 7) is 0.787. The second kappa shape index (κ2) is 6.65. The number of furan rings is 1. The largest absolute Gasteiger partial charge is 0.493 e. The van der Waals surface area contributed by atoms with Crippen molar-refractivity contribution in [1.29, 1.82) is 0 Å². The first kappa shape index (κ1) is 14.0. The number of nitrogens with two attached hydrogens (primary N) is 1. The number of benzene rings is 1. The Morgan fingerprint density at radius 2 is 2.20 bits per heavy atom. The van der Waals surface area contributed by atoms with Gasteiger partial charge >= 0.3 is 0 Å². The van der Waals surface area contributed by atoms with Crippen LogP contribution >= 0.6 is 0 Å². The fraction of sp³-hybridized carbons (Fsp3) is 0.267. The van der Waals surface area contributed by atoms with Gasteiger partial charge in [-0.15, -0.1) is 0 Å². The molecule has 0 unspecified atom stereocenters. The highest BCUT2D eigenvalue weighted by atomic mass is 16.5. The first-order valence-corrected chi connectivity index (χ1v) is 6.40. The van der Waals surface area contributed by atoms with E-state index in [4.69, 9.17) is 14.9 Å². The molecular formula is C15H18N2O3. The van der Waals surface area contributed by atoms with Crippen molar-refractivity contribution in [3.05, 3.63) is 48.4 Å². The molecule has 0 atom stereocenters. The minimum Gasteiger partial charge on any atom is -0.493 e. The highest BCUT2D eigenvalue weighted by Crippen LogP contribution is 2.14. The van der Waals surface area contributed by atoms with Crippen LogP contribution in [0.3, 0.4) is 0 Å². The molecule has 1 aromatic heterocycles. The molecule has 106 valence electrons. The number of anilines is 1. The Morgan fingerprint density at radius 1 is 1.35 bits per heavy atom. The Morgan fingerprint density at radius 3 is 2.90 bits per heavy atom. The number of nitrogen functional groups attached to an aromatic ring is 1. The topological polar surface area (TPSA) is 68.7 Å². The zero-order chi connectivity index (χ0) is 14.4. The average Bonchev–Trinajstić information content (AvgIpc) is 2.91. The number of amides is 1. The van der Waals surface area contributed by atoms with Crippen LogP contribution in [0.15, 0.2) is 47.1 Å². The lowest BCUT2D eigenvalue weighted by atomic mass is 10.3. The first-order chi connectivity index (χ1) is 9.65. The van der Waals surface area contributed by atoms with Gasteiger partial charge in [0.05, 0.1) is 25.8 Å². The van der Waals surface area contributed by atoms with Crippen molar-refractivity contribution in [2.24, 2.45) is 0 Å². The van der Waals surface area contributed by atoms with Crippen molar-refractivity contribution in [2.75, 3.05) is 19.4 Å². The van der Waals surface area contributed by atoms with Gasteiger partial charge < -0.3 is 19.8 Å². The van der Waals surface area contributed by atoms with Crippen LogP contribution < -0.4 is 10.5 Å². The molecule has 1 heterocycles. The van der Waals surface area contributed by atoms with Gasteiger partial charge in [-0.1, -0.05) is 6.07 Å². The van der Waals surface area contributed by atoms with Gasteiger partial charge in [-0.2, -0.15) is 0 Å². The highest BCUT2D eigenvalue weighted by Gasteiger charge is 2.10. The number of carbonyl (C=O) groups is 1. The molecule has 5 heteroatoms. The summed E-state index contributed by atoms with van der Waals surface area (Å²) in [4.78, 5) is 13.5. The van der Waals surface area contributed by atoms with Crippen LogP contribution in [0.25, 0.3) is 0 Å². The third kappa shape index (κ3) is 4.05. The number of ether oxygens (including phenoxy) is 1. The van der Waals surface area contributed by atoms with Crippen LogP contribution in [0.1, 0.15) is 12.2 Å². The molecule has 2 aromatic rings. The van der Waals surface area contributed by atoms with Gasteiger partial charge in [0, 0.05) is 18.8 Å². The third-order valence-electron chi connectivity index (χ3n) is 2.84. The van der Waals surface area contributed by atoms with Gasteiger partial charge in [-0.3, -0.25) is 4.79 Å². The second-order valence-corrected chi connectivity index (χ2v) is 4.50. The molecule has 0 spiro atoms. The third-order valence-corrected chi connectivity index (χ3v) is 2.84. The lowest BCUT2D eigenvalue weighted by molar-refractivity contribution is -0.131. The zero-order valence-corrected chi connectivity index (χ0v) is 11.4. The molecule has 0 radical (unpaired) electrons. The molecule has 1 aromatic carbocycles. The van der Waals surface area contributed by atoms with Gasteiger partial charge in [-0.05, 0) is 24.3 Å². The molecule has 20 heavy (non-hydrogen) atoms. The fourth-order valence-electron chi connectivity index (χ4n) is 1.78. The van der Waals surface area contributed by atoms with Crippen LogP contribution in [-0.2, 0) is 11.3 Å². The van der Waals surface area contributed by atoms with E-state index in [1.54, 1.807) is 36.4 Å². The van der Waals surface area contributed by atoms with Crippen LogP contribution in [0.4, 0.5) is 5.69 Å². The minimum atomic E-state index is 0.00491. The molecule has 0 aliphatic carbocycles. The molecule has 0 bridgehead atoms. The van der Waals surface area contributed by atoms with Gasteiger partial charge in [0.1, 0.15) is 11.5 Å². The summed E-state index contributed by atoms with van der Waals surface area (Å²) in [5.74, 6) is 1.44. The minimum absolute atomic E-state index is 0.00491. The summed E-state index contributed by atoms with van der Waals surface area (Å²) in [5.41, 5.74) is 6.29. The lowest BCUT2D eigenvalue weighted by Gasteiger charge is -2.16. The van der Waals surface area contributed by atoms with Crippen molar-refractivity contribution in [1.82, 2.24) is 4.90 Å². The van der Waals surface area contributed by atoms with E-state index >= 15 is 0 Å². The Balaban J connectivity index is 1.74. The molecule has 0 aliphatic heterocycles. The second-order valence-electron chi connectivity index (χ2n) is 4.50. The molecule has 2 rings (SSSR count). The van der Waals surface area contributed by atoms with E-state index in [9.17, 15) is 4.79 Å². The van der Waals surface area contributed by atoms with Gasteiger partial charge in [-0.25, -0.2) is 0 Å². The van der Waals surface area contributed by atoms with E-state index < -0.39 is 0 Å². The summed E-state index contributed by atoms with van der Waals surface area (Å²) in [6.07, 6.45) is 1.91. The van der Waals surface area contributed by atoms with E-state index in [2.05, 4.69) is 0 Å². The van der Waals surface area contributed by atoms with Gasteiger partial charge in [0.2, 0.25) is 5.91 Å². The fourth-order valence-corrected chi connectivity index (χ4v) is 1.78. The summed E-state index contributed by atoms with van der Waals surface area (Å²) in [7, 11) is 1.74. The molecule has 0 aliphatic rings. The van der Waals surface area contributed by atoms with Crippen molar-refractivity contribution in [3.63, 3.8) is 0 Å². The zero-order valence-electron chi connectivity index (χ0n) is 11.4. The van der Waals surface area contributed by atoms with Crippen molar-refractivity contribution >= 4 is 11.6 Å². The van der Waals surface area contributed by atoms with Crippen LogP contribution in [0.2, 0.25) is 0 Å². The average molecular weight is 274 g/mol. The maximum absolute atomic E-state index is 11.9. The number of hydrogen-bond acceptors (Lipinski definition) is 4. The summed E-state index contributed by atoms with van der Waals surface area (Å²) >= 11 is 0. The van der Waals surface area contributed by atoms with Gasteiger partial charge in [0.25, 0.3) is 0 Å². The Bertz CT molecular complexity index is 552. The molecular weight excluding hydrogens is 256 g/mol. The van der Waals surface area contributed by atoms with Crippen LogP contribution in [0, 0.1) is 0 Å².